The van der Waals surface area contributed by atoms with E-state index in [0.29, 0.717) is 35.6 Å². The topological polar surface area (TPSA) is 35.6 Å². The predicted molar refractivity (Wildman–Crippen MR) is 88.5 cm³/mol. The van der Waals surface area contributed by atoms with Crippen molar-refractivity contribution in [1.29, 1.82) is 0 Å². The summed E-state index contributed by atoms with van der Waals surface area (Å²) >= 11 is 12.2. The van der Waals surface area contributed by atoms with Gasteiger partial charge in [-0.2, -0.15) is 0 Å². The van der Waals surface area contributed by atoms with E-state index in [0.717, 1.165) is 18.8 Å². The van der Waals surface area contributed by atoms with Crippen LogP contribution >= 0.6 is 23.2 Å². The number of anilines is 1. The zero-order valence-electron chi connectivity index (χ0n) is 12.4. The van der Waals surface area contributed by atoms with Gasteiger partial charge in [-0.15, -0.1) is 0 Å². The molecule has 0 aromatic heterocycles. The van der Waals surface area contributed by atoms with E-state index < -0.39 is 0 Å². The number of nitrogens with one attached hydrogen (secondary N) is 1. The fourth-order valence-corrected chi connectivity index (χ4v) is 2.69. The second kappa shape index (κ2) is 7.23. The van der Waals surface area contributed by atoms with Crippen molar-refractivity contribution in [2.45, 2.75) is 13.8 Å². The molecule has 2 amide bonds. The molecule has 4 nitrogen and oxygen atoms in total. The van der Waals surface area contributed by atoms with Gasteiger partial charge in [0.05, 0.1) is 10.7 Å². The fourth-order valence-electron chi connectivity index (χ4n) is 2.28. The van der Waals surface area contributed by atoms with E-state index in [9.17, 15) is 4.79 Å². The van der Waals surface area contributed by atoms with Crippen molar-refractivity contribution in [3.05, 3.63) is 28.2 Å². The molecule has 1 aromatic rings. The third-order valence-electron chi connectivity index (χ3n) is 3.48. The SMILES string of the molecule is CC(C)CNC(=O)N1CCN(c2cc(Cl)ccc2Cl)CC1. The van der Waals surface area contributed by atoms with Gasteiger partial charge in [0.2, 0.25) is 0 Å². The zero-order chi connectivity index (χ0) is 15.4. The lowest BCUT2D eigenvalue weighted by Crippen LogP contribution is -2.52. The van der Waals surface area contributed by atoms with Gasteiger partial charge >= 0.3 is 6.03 Å². The van der Waals surface area contributed by atoms with Crippen LogP contribution in [0.15, 0.2) is 18.2 Å². The maximum atomic E-state index is 12.0. The Morgan fingerprint density at radius 3 is 2.52 bits per heavy atom. The summed E-state index contributed by atoms with van der Waals surface area (Å²) in [5.41, 5.74) is 0.936. The molecular weight excluding hydrogens is 309 g/mol. The molecule has 1 aliphatic rings. The van der Waals surface area contributed by atoms with E-state index in [1.807, 2.05) is 11.0 Å². The third-order valence-corrected chi connectivity index (χ3v) is 4.03. The number of hydrogen-bond donors (Lipinski definition) is 1. The van der Waals surface area contributed by atoms with Crippen LogP contribution in [0.4, 0.5) is 10.5 Å². The first-order valence-electron chi connectivity index (χ1n) is 7.20. The van der Waals surface area contributed by atoms with Crippen molar-refractivity contribution in [1.82, 2.24) is 10.2 Å². The lowest BCUT2D eigenvalue weighted by molar-refractivity contribution is 0.193. The van der Waals surface area contributed by atoms with Crippen LogP contribution in [0.2, 0.25) is 10.0 Å². The Morgan fingerprint density at radius 1 is 1.24 bits per heavy atom. The summed E-state index contributed by atoms with van der Waals surface area (Å²) in [4.78, 5) is 16.0. The summed E-state index contributed by atoms with van der Waals surface area (Å²) < 4.78 is 0. The average Bonchev–Trinajstić information content (AvgIpc) is 2.47. The Morgan fingerprint density at radius 2 is 1.90 bits per heavy atom. The number of amides is 2. The summed E-state index contributed by atoms with van der Waals surface area (Å²) in [6.45, 7) is 7.77. The first-order chi connectivity index (χ1) is 9.97. The van der Waals surface area contributed by atoms with Gasteiger partial charge in [-0.1, -0.05) is 37.0 Å². The van der Waals surface area contributed by atoms with Crippen molar-refractivity contribution in [3.63, 3.8) is 0 Å². The third kappa shape index (κ3) is 4.42. The number of benzene rings is 1. The molecule has 116 valence electrons. The highest BCUT2D eigenvalue weighted by Gasteiger charge is 2.22. The minimum atomic E-state index is 0.0144. The van der Waals surface area contributed by atoms with Crippen LogP contribution in [-0.4, -0.2) is 43.7 Å². The average molecular weight is 330 g/mol. The quantitative estimate of drug-likeness (QED) is 0.921. The molecule has 2 rings (SSSR count). The molecule has 1 fully saturated rings. The zero-order valence-corrected chi connectivity index (χ0v) is 13.9. The largest absolute Gasteiger partial charge is 0.367 e. The molecular formula is C15H21Cl2N3O. The number of rotatable bonds is 3. The first-order valence-corrected chi connectivity index (χ1v) is 7.95. The van der Waals surface area contributed by atoms with Gasteiger partial charge < -0.3 is 15.1 Å². The maximum absolute atomic E-state index is 12.0. The molecule has 1 aliphatic heterocycles. The van der Waals surface area contributed by atoms with E-state index in [4.69, 9.17) is 23.2 Å². The van der Waals surface area contributed by atoms with E-state index in [-0.39, 0.29) is 6.03 Å². The lowest BCUT2D eigenvalue weighted by Gasteiger charge is -2.36. The minimum absolute atomic E-state index is 0.0144. The Labute approximate surface area is 136 Å². The van der Waals surface area contributed by atoms with Gasteiger partial charge in [-0.05, 0) is 24.1 Å². The number of piperazine rings is 1. The fraction of sp³-hybridized carbons (Fsp3) is 0.533. The normalized spacial score (nSPS) is 15.5. The summed E-state index contributed by atoms with van der Waals surface area (Å²) in [6, 6.07) is 5.48. The van der Waals surface area contributed by atoms with Crippen LogP contribution in [0.5, 0.6) is 0 Å². The summed E-state index contributed by atoms with van der Waals surface area (Å²) in [7, 11) is 0. The molecule has 0 radical (unpaired) electrons. The number of hydrogen-bond acceptors (Lipinski definition) is 2. The predicted octanol–water partition coefficient (Wildman–Crippen LogP) is 3.48. The van der Waals surface area contributed by atoms with E-state index >= 15 is 0 Å². The van der Waals surface area contributed by atoms with E-state index in [1.165, 1.54) is 0 Å². The molecule has 0 spiro atoms. The number of halogens is 2. The van der Waals surface area contributed by atoms with Gasteiger partial charge in [0.25, 0.3) is 0 Å². The molecule has 0 saturated carbocycles. The van der Waals surface area contributed by atoms with Crippen molar-refractivity contribution in [3.8, 4) is 0 Å². The van der Waals surface area contributed by atoms with Gasteiger partial charge in [0, 0.05) is 37.7 Å². The van der Waals surface area contributed by atoms with Crippen LogP contribution < -0.4 is 10.2 Å². The Bertz CT molecular complexity index is 500. The summed E-state index contributed by atoms with van der Waals surface area (Å²) in [5, 5.41) is 4.31. The smallest absolute Gasteiger partial charge is 0.317 e. The molecule has 1 aromatic carbocycles. The summed E-state index contributed by atoms with van der Waals surface area (Å²) in [6.07, 6.45) is 0. The molecule has 0 unspecified atom stereocenters. The molecule has 0 atom stereocenters. The van der Waals surface area contributed by atoms with Crippen molar-refractivity contribution >= 4 is 34.9 Å². The van der Waals surface area contributed by atoms with Crippen LogP contribution in [0, 0.1) is 5.92 Å². The molecule has 0 aliphatic carbocycles. The number of urea groups is 1. The van der Waals surface area contributed by atoms with Gasteiger partial charge in [-0.25, -0.2) is 4.79 Å². The van der Waals surface area contributed by atoms with Crippen molar-refractivity contribution < 1.29 is 4.79 Å². The molecule has 6 heteroatoms. The van der Waals surface area contributed by atoms with Crippen LogP contribution in [0.1, 0.15) is 13.8 Å². The van der Waals surface area contributed by atoms with E-state index in [1.54, 1.807) is 12.1 Å². The van der Waals surface area contributed by atoms with Crippen LogP contribution in [-0.2, 0) is 0 Å². The molecule has 1 saturated heterocycles. The maximum Gasteiger partial charge on any atom is 0.317 e. The highest BCUT2D eigenvalue weighted by atomic mass is 35.5. The highest BCUT2D eigenvalue weighted by molar-refractivity contribution is 6.35. The number of carbonyl (C=O) groups is 1. The molecule has 1 heterocycles. The standard InChI is InChI=1S/C15H21Cl2N3O/c1-11(2)10-18-15(21)20-7-5-19(6-8-20)14-9-12(16)3-4-13(14)17/h3-4,9,11H,5-8,10H2,1-2H3,(H,18,21). The van der Waals surface area contributed by atoms with Gasteiger partial charge in [-0.3, -0.25) is 0 Å². The molecule has 0 bridgehead atoms. The Hall–Kier alpha value is -1.13. The van der Waals surface area contributed by atoms with Crippen molar-refractivity contribution in [2.75, 3.05) is 37.6 Å². The number of carbonyl (C=O) groups excluding carboxylic acids is 1. The van der Waals surface area contributed by atoms with Gasteiger partial charge in [0.15, 0.2) is 0 Å². The monoisotopic (exact) mass is 329 g/mol. The number of nitrogens with zero attached hydrogens (tertiary/aromatic N) is 2. The molecule has 1 N–H and O–H groups in total. The minimum Gasteiger partial charge on any atom is -0.367 e. The second-order valence-electron chi connectivity index (χ2n) is 5.65. The van der Waals surface area contributed by atoms with Gasteiger partial charge in [0.1, 0.15) is 0 Å². The Kier molecular flexibility index (Phi) is 5.59. The second-order valence-corrected chi connectivity index (χ2v) is 6.49. The molecule has 21 heavy (non-hydrogen) atoms. The first kappa shape index (κ1) is 16.2. The highest BCUT2D eigenvalue weighted by Crippen LogP contribution is 2.29. The summed E-state index contributed by atoms with van der Waals surface area (Å²) in [5.74, 6) is 0.459. The lowest BCUT2D eigenvalue weighted by atomic mass is 10.2. The van der Waals surface area contributed by atoms with Crippen molar-refractivity contribution in [2.24, 2.45) is 5.92 Å². The van der Waals surface area contributed by atoms with Crippen LogP contribution in [0.25, 0.3) is 0 Å². The van der Waals surface area contributed by atoms with E-state index in [2.05, 4.69) is 24.1 Å². The van der Waals surface area contributed by atoms with Crippen LogP contribution in [0.3, 0.4) is 0 Å². The Balaban J connectivity index is 1.91.